The number of benzene rings is 1. The van der Waals surface area contributed by atoms with Crippen LogP contribution in [0.25, 0.3) is 0 Å². The molecule has 2 N–H and O–H groups in total. The molecule has 2 atom stereocenters. The second-order valence-electron chi connectivity index (χ2n) is 4.99. The number of hydrogen-bond acceptors (Lipinski definition) is 3. The van der Waals surface area contributed by atoms with Gasteiger partial charge in [-0.3, -0.25) is 0 Å². The van der Waals surface area contributed by atoms with Gasteiger partial charge in [-0.25, -0.2) is 9.18 Å². The fourth-order valence-electron chi connectivity index (χ4n) is 2.13. The highest BCUT2D eigenvalue weighted by molar-refractivity contribution is 5.73. The Bertz CT molecular complexity index is 519. The monoisotopic (exact) mass is 323 g/mol. The third-order valence-corrected chi connectivity index (χ3v) is 3.16. The van der Waals surface area contributed by atoms with E-state index in [4.69, 9.17) is 14.6 Å². The third kappa shape index (κ3) is 5.18. The zero-order chi connectivity index (χ0) is 16.9. The van der Waals surface area contributed by atoms with E-state index < -0.39 is 12.1 Å². The average Bonchev–Trinajstić information content (AvgIpc) is 2.85. The molecule has 0 radical (unpaired) electrons. The fourth-order valence-corrected chi connectivity index (χ4v) is 2.13. The van der Waals surface area contributed by atoms with Gasteiger partial charge in [-0.05, 0) is 37.1 Å². The topological polar surface area (TPSA) is 58.6 Å². The van der Waals surface area contributed by atoms with Gasteiger partial charge in [0.05, 0.1) is 7.11 Å². The molecule has 0 spiro atoms. The van der Waals surface area contributed by atoms with Gasteiger partial charge >= 0.3 is 12.1 Å². The van der Waals surface area contributed by atoms with Crippen LogP contribution < -0.4 is 10.1 Å². The molecule has 0 aliphatic carbocycles. The molecule has 1 aromatic carbocycles. The molecule has 0 amide bonds. The maximum Gasteiger partial charge on any atom is 0.490 e. The van der Waals surface area contributed by atoms with Crippen molar-refractivity contribution in [2.45, 2.75) is 25.6 Å². The smallest absolute Gasteiger partial charge is 0.490 e. The molecule has 0 saturated carbocycles. The molecule has 8 heteroatoms. The first-order chi connectivity index (χ1) is 10.1. The summed E-state index contributed by atoms with van der Waals surface area (Å²) in [5, 5.41) is 10.5. The highest BCUT2D eigenvalue weighted by atomic mass is 19.4. The van der Waals surface area contributed by atoms with Gasteiger partial charge in [-0.1, -0.05) is 6.92 Å². The molecular weight excluding hydrogens is 306 g/mol. The summed E-state index contributed by atoms with van der Waals surface area (Å²) in [5.41, 5.74) is 0.932. The summed E-state index contributed by atoms with van der Waals surface area (Å²) in [6.07, 6.45) is -4.04. The number of halogens is 4. The zero-order valence-electron chi connectivity index (χ0n) is 12.1. The minimum absolute atomic E-state index is 0.202. The van der Waals surface area contributed by atoms with Crippen molar-refractivity contribution in [2.24, 2.45) is 5.92 Å². The molecule has 1 aromatic rings. The molecule has 1 saturated heterocycles. The lowest BCUT2D eigenvalue weighted by molar-refractivity contribution is -0.192. The van der Waals surface area contributed by atoms with Crippen LogP contribution in [0.3, 0.4) is 0 Å². The Kier molecular flexibility index (Phi) is 6.16. The lowest BCUT2D eigenvalue weighted by atomic mass is 10.0. The van der Waals surface area contributed by atoms with Gasteiger partial charge in [0, 0.05) is 11.6 Å². The quantitative estimate of drug-likeness (QED) is 0.821. The standard InChI is InChI=1S/C12H16FNO.C2HF3O2/c1-8-5-11(14-7-8)10-6-9(13)3-4-12(10)15-2;3-2(4,5)1(6)7/h3-4,6,8,11,14H,5,7H2,1-2H3;(H,6,7)/t8-,11?;/m1./s1. The first-order valence-corrected chi connectivity index (χ1v) is 6.52. The van der Waals surface area contributed by atoms with E-state index in [0.717, 1.165) is 24.3 Å². The number of carboxylic acid groups (broad SMARTS) is 1. The van der Waals surface area contributed by atoms with Crippen LogP contribution >= 0.6 is 0 Å². The van der Waals surface area contributed by atoms with E-state index in [9.17, 15) is 17.6 Å². The first-order valence-electron chi connectivity index (χ1n) is 6.52. The summed E-state index contributed by atoms with van der Waals surface area (Å²) in [6, 6.07) is 4.91. The van der Waals surface area contributed by atoms with Crippen LogP contribution in [0.5, 0.6) is 5.75 Å². The Hall–Kier alpha value is -1.83. The molecule has 1 heterocycles. The van der Waals surface area contributed by atoms with Crippen LogP contribution in [0.2, 0.25) is 0 Å². The molecule has 4 nitrogen and oxygen atoms in total. The van der Waals surface area contributed by atoms with Crippen molar-refractivity contribution in [2.75, 3.05) is 13.7 Å². The number of carboxylic acids is 1. The van der Waals surface area contributed by atoms with Crippen LogP contribution in [-0.4, -0.2) is 30.9 Å². The molecule has 22 heavy (non-hydrogen) atoms. The van der Waals surface area contributed by atoms with Crippen molar-refractivity contribution in [1.82, 2.24) is 5.32 Å². The number of nitrogens with one attached hydrogen (secondary N) is 1. The molecule has 1 fully saturated rings. The van der Waals surface area contributed by atoms with Crippen molar-refractivity contribution in [1.29, 1.82) is 0 Å². The fraction of sp³-hybridized carbons (Fsp3) is 0.500. The van der Waals surface area contributed by atoms with Crippen molar-refractivity contribution < 1.29 is 32.2 Å². The number of hydrogen-bond donors (Lipinski definition) is 2. The van der Waals surface area contributed by atoms with Gasteiger partial charge in [-0.15, -0.1) is 0 Å². The van der Waals surface area contributed by atoms with E-state index in [-0.39, 0.29) is 11.9 Å². The van der Waals surface area contributed by atoms with E-state index >= 15 is 0 Å². The number of methoxy groups -OCH3 is 1. The minimum Gasteiger partial charge on any atom is -0.496 e. The molecule has 124 valence electrons. The van der Waals surface area contributed by atoms with Gasteiger partial charge in [-0.2, -0.15) is 13.2 Å². The van der Waals surface area contributed by atoms with Crippen LogP contribution in [0, 0.1) is 11.7 Å². The highest BCUT2D eigenvalue weighted by Crippen LogP contribution is 2.33. The maximum absolute atomic E-state index is 13.2. The number of ether oxygens (including phenoxy) is 1. The molecular formula is C14H17F4NO3. The van der Waals surface area contributed by atoms with E-state index in [1.165, 1.54) is 6.07 Å². The van der Waals surface area contributed by atoms with E-state index in [2.05, 4.69) is 12.2 Å². The average molecular weight is 323 g/mol. The molecule has 2 rings (SSSR count). The Morgan fingerprint density at radius 2 is 2.00 bits per heavy atom. The van der Waals surface area contributed by atoms with Gasteiger partial charge in [0.25, 0.3) is 0 Å². The number of rotatable bonds is 2. The number of alkyl halides is 3. The molecule has 1 unspecified atom stereocenters. The summed E-state index contributed by atoms with van der Waals surface area (Å²) in [4.78, 5) is 8.90. The van der Waals surface area contributed by atoms with Gasteiger partial charge < -0.3 is 15.2 Å². The van der Waals surface area contributed by atoms with Gasteiger partial charge in [0.1, 0.15) is 11.6 Å². The summed E-state index contributed by atoms with van der Waals surface area (Å²) >= 11 is 0. The van der Waals surface area contributed by atoms with Gasteiger partial charge in [0.15, 0.2) is 0 Å². The number of aliphatic carboxylic acids is 1. The molecule has 0 aromatic heterocycles. The Morgan fingerprint density at radius 3 is 2.41 bits per heavy atom. The minimum atomic E-state index is -5.08. The second kappa shape index (κ2) is 7.44. The summed E-state index contributed by atoms with van der Waals surface area (Å²) < 4.78 is 50.1. The number of carbonyl (C=O) groups is 1. The molecule has 0 bridgehead atoms. The highest BCUT2D eigenvalue weighted by Gasteiger charge is 2.38. The second-order valence-corrected chi connectivity index (χ2v) is 4.99. The third-order valence-electron chi connectivity index (χ3n) is 3.16. The van der Waals surface area contributed by atoms with Crippen molar-refractivity contribution in [3.05, 3.63) is 29.6 Å². The zero-order valence-corrected chi connectivity index (χ0v) is 12.1. The van der Waals surface area contributed by atoms with E-state index in [1.54, 1.807) is 19.2 Å². The van der Waals surface area contributed by atoms with E-state index in [1.807, 2.05) is 0 Å². The Morgan fingerprint density at radius 1 is 1.41 bits per heavy atom. The Balaban J connectivity index is 0.000000295. The predicted molar refractivity (Wildman–Crippen MR) is 71.2 cm³/mol. The normalized spacial score (nSPS) is 21.0. The molecule has 1 aliphatic heterocycles. The summed E-state index contributed by atoms with van der Waals surface area (Å²) in [6.45, 7) is 3.18. The largest absolute Gasteiger partial charge is 0.496 e. The van der Waals surface area contributed by atoms with Crippen LogP contribution in [0.15, 0.2) is 18.2 Å². The summed E-state index contributed by atoms with van der Waals surface area (Å²) in [7, 11) is 1.62. The van der Waals surface area contributed by atoms with Gasteiger partial charge in [0.2, 0.25) is 0 Å². The lowest BCUT2D eigenvalue weighted by Crippen LogP contribution is -2.21. The van der Waals surface area contributed by atoms with Crippen LogP contribution in [-0.2, 0) is 4.79 Å². The first kappa shape index (κ1) is 18.2. The van der Waals surface area contributed by atoms with Crippen LogP contribution in [0.1, 0.15) is 24.9 Å². The van der Waals surface area contributed by atoms with E-state index in [0.29, 0.717) is 5.92 Å². The van der Waals surface area contributed by atoms with Crippen molar-refractivity contribution in [3.63, 3.8) is 0 Å². The SMILES string of the molecule is COc1ccc(F)cc1C1C[C@@H](C)CN1.O=C(O)C(F)(F)F. The lowest BCUT2D eigenvalue weighted by Gasteiger charge is -2.14. The van der Waals surface area contributed by atoms with Crippen molar-refractivity contribution in [3.8, 4) is 5.75 Å². The summed E-state index contributed by atoms with van der Waals surface area (Å²) in [5.74, 6) is -1.55. The Labute approximate surface area is 125 Å². The van der Waals surface area contributed by atoms with Crippen LogP contribution in [0.4, 0.5) is 17.6 Å². The van der Waals surface area contributed by atoms with Crippen molar-refractivity contribution >= 4 is 5.97 Å². The predicted octanol–water partition coefficient (Wildman–Crippen LogP) is 3.14. The maximum atomic E-state index is 13.2. The molecule has 1 aliphatic rings.